The Bertz CT molecular complexity index is 1010. The molecule has 1 fully saturated rings. The van der Waals surface area contributed by atoms with Crippen molar-refractivity contribution in [2.45, 2.75) is 26.3 Å². The first kappa shape index (κ1) is 21.0. The molecule has 1 aliphatic heterocycles. The number of nitrogens with zero attached hydrogens (tertiary/aromatic N) is 5. The summed E-state index contributed by atoms with van der Waals surface area (Å²) >= 11 is 0. The fourth-order valence-electron chi connectivity index (χ4n) is 3.94. The van der Waals surface area contributed by atoms with Crippen LogP contribution in [0.3, 0.4) is 0 Å². The number of aromatic nitrogens is 3. The number of carbonyl (C=O) groups is 1. The molecule has 31 heavy (non-hydrogen) atoms. The lowest BCUT2D eigenvalue weighted by molar-refractivity contribution is 0.0907. The Morgan fingerprint density at radius 2 is 2.06 bits per heavy atom. The zero-order chi connectivity index (χ0) is 21.6. The van der Waals surface area contributed by atoms with E-state index < -0.39 is 0 Å². The van der Waals surface area contributed by atoms with Gasteiger partial charge in [0.15, 0.2) is 0 Å². The highest BCUT2D eigenvalue weighted by atomic mass is 16.5. The second-order valence-corrected chi connectivity index (χ2v) is 7.95. The third-order valence-corrected chi connectivity index (χ3v) is 5.54. The highest BCUT2D eigenvalue weighted by Gasteiger charge is 2.23. The third kappa shape index (κ3) is 5.27. The Labute approximate surface area is 182 Å². The number of aryl methyl sites for hydroxylation is 1. The van der Waals surface area contributed by atoms with Crippen molar-refractivity contribution in [3.63, 3.8) is 0 Å². The standard InChI is InChI=1S/C23H28N6O2/c1-17-5-3-6-20(15-17)29-14-13-28(16-18(29)2)12-4-9-25-22(30)23-26-21(27-31-23)19-7-10-24-11-8-19/h3,5-8,10-11,15,18H,4,9,12-14,16H2,1-2H3,(H,25,30). The van der Waals surface area contributed by atoms with Gasteiger partial charge >= 0.3 is 11.8 Å². The molecule has 1 amide bonds. The average molecular weight is 421 g/mol. The average Bonchev–Trinajstić information content (AvgIpc) is 3.28. The predicted octanol–water partition coefficient (Wildman–Crippen LogP) is 2.77. The summed E-state index contributed by atoms with van der Waals surface area (Å²) in [6, 6.07) is 12.7. The SMILES string of the molecule is Cc1cccc(N2CCN(CCCNC(=O)c3nc(-c4ccncc4)no3)CC2C)c1. The maximum atomic E-state index is 12.3. The molecule has 3 heterocycles. The molecule has 162 valence electrons. The highest BCUT2D eigenvalue weighted by Crippen LogP contribution is 2.21. The molecular weight excluding hydrogens is 392 g/mol. The minimum Gasteiger partial charge on any atom is -0.366 e. The van der Waals surface area contributed by atoms with Gasteiger partial charge in [0.2, 0.25) is 5.82 Å². The summed E-state index contributed by atoms with van der Waals surface area (Å²) < 4.78 is 5.09. The summed E-state index contributed by atoms with van der Waals surface area (Å²) in [5.41, 5.74) is 3.35. The molecular formula is C23H28N6O2. The van der Waals surface area contributed by atoms with E-state index in [4.69, 9.17) is 4.52 Å². The van der Waals surface area contributed by atoms with Gasteiger partial charge in [-0.15, -0.1) is 0 Å². The molecule has 8 heteroatoms. The molecule has 8 nitrogen and oxygen atoms in total. The molecule has 0 spiro atoms. The number of hydrogen-bond acceptors (Lipinski definition) is 7. The molecule has 1 saturated heterocycles. The van der Waals surface area contributed by atoms with Gasteiger partial charge in [-0.1, -0.05) is 17.3 Å². The van der Waals surface area contributed by atoms with E-state index in [1.165, 1.54) is 11.3 Å². The first-order valence-corrected chi connectivity index (χ1v) is 10.7. The van der Waals surface area contributed by atoms with Crippen molar-refractivity contribution in [1.82, 2.24) is 25.3 Å². The Hall–Kier alpha value is -3.26. The molecule has 1 aromatic carbocycles. The van der Waals surface area contributed by atoms with Crippen LogP contribution in [0.1, 0.15) is 29.6 Å². The Morgan fingerprint density at radius 3 is 2.84 bits per heavy atom. The summed E-state index contributed by atoms with van der Waals surface area (Å²) in [4.78, 5) is 25.3. The van der Waals surface area contributed by atoms with Gasteiger partial charge in [0.1, 0.15) is 0 Å². The van der Waals surface area contributed by atoms with Crippen molar-refractivity contribution in [2.24, 2.45) is 0 Å². The monoisotopic (exact) mass is 420 g/mol. The van der Waals surface area contributed by atoms with E-state index in [0.717, 1.165) is 38.2 Å². The lowest BCUT2D eigenvalue weighted by atomic mass is 10.1. The molecule has 0 saturated carbocycles. The van der Waals surface area contributed by atoms with Gasteiger partial charge in [-0.25, -0.2) is 0 Å². The fourth-order valence-corrected chi connectivity index (χ4v) is 3.94. The summed E-state index contributed by atoms with van der Waals surface area (Å²) in [6.45, 7) is 8.96. The molecule has 0 bridgehead atoms. The van der Waals surface area contributed by atoms with E-state index in [1.807, 2.05) is 0 Å². The van der Waals surface area contributed by atoms with E-state index >= 15 is 0 Å². The van der Waals surface area contributed by atoms with E-state index in [1.54, 1.807) is 24.5 Å². The van der Waals surface area contributed by atoms with Crippen molar-refractivity contribution >= 4 is 11.6 Å². The zero-order valence-electron chi connectivity index (χ0n) is 18.0. The van der Waals surface area contributed by atoms with Crippen molar-refractivity contribution in [1.29, 1.82) is 0 Å². The van der Waals surface area contributed by atoms with Gasteiger partial charge in [0.05, 0.1) is 0 Å². The van der Waals surface area contributed by atoms with Crippen LogP contribution in [0.15, 0.2) is 53.3 Å². The Kier molecular flexibility index (Phi) is 6.57. The number of hydrogen-bond donors (Lipinski definition) is 1. The van der Waals surface area contributed by atoms with Gasteiger partial charge in [-0.05, 0) is 56.6 Å². The highest BCUT2D eigenvalue weighted by molar-refractivity contribution is 5.89. The number of carbonyl (C=O) groups excluding carboxylic acids is 1. The quantitative estimate of drug-likeness (QED) is 0.588. The van der Waals surface area contributed by atoms with E-state index in [0.29, 0.717) is 18.4 Å². The molecule has 1 aliphatic rings. The van der Waals surface area contributed by atoms with Crippen LogP contribution in [0.2, 0.25) is 0 Å². The van der Waals surface area contributed by atoms with Crippen LogP contribution >= 0.6 is 0 Å². The number of amides is 1. The minimum absolute atomic E-state index is 0.0211. The smallest absolute Gasteiger partial charge is 0.316 e. The number of benzene rings is 1. The molecule has 2 aromatic heterocycles. The van der Waals surface area contributed by atoms with Crippen LogP contribution < -0.4 is 10.2 Å². The molecule has 1 N–H and O–H groups in total. The molecule has 3 aromatic rings. The van der Waals surface area contributed by atoms with Crippen molar-refractivity contribution in [3.05, 3.63) is 60.2 Å². The normalized spacial score (nSPS) is 17.0. The summed E-state index contributed by atoms with van der Waals surface area (Å²) in [5.74, 6) is 0.0191. The van der Waals surface area contributed by atoms with Crippen molar-refractivity contribution < 1.29 is 9.32 Å². The number of anilines is 1. The first-order chi connectivity index (χ1) is 15.1. The van der Waals surface area contributed by atoms with E-state index in [-0.39, 0.29) is 11.8 Å². The van der Waals surface area contributed by atoms with Crippen LogP contribution in [0, 0.1) is 6.92 Å². The van der Waals surface area contributed by atoms with Gasteiger partial charge < -0.3 is 14.7 Å². The maximum absolute atomic E-state index is 12.3. The lowest BCUT2D eigenvalue weighted by Crippen LogP contribution is -2.52. The first-order valence-electron chi connectivity index (χ1n) is 10.7. The van der Waals surface area contributed by atoms with Crippen LogP contribution in [0.5, 0.6) is 0 Å². The second-order valence-electron chi connectivity index (χ2n) is 7.95. The van der Waals surface area contributed by atoms with Gasteiger partial charge in [-0.2, -0.15) is 4.98 Å². The molecule has 1 unspecified atom stereocenters. The Morgan fingerprint density at radius 1 is 1.23 bits per heavy atom. The largest absolute Gasteiger partial charge is 0.366 e. The van der Waals surface area contributed by atoms with Crippen LogP contribution in [-0.4, -0.2) is 64.7 Å². The number of nitrogens with one attached hydrogen (secondary N) is 1. The number of pyridine rings is 1. The topological polar surface area (TPSA) is 87.4 Å². The zero-order valence-corrected chi connectivity index (χ0v) is 18.0. The van der Waals surface area contributed by atoms with E-state index in [9.17, 15) is 4.79 Å². The summed E-state index contributed by atoms with van der Waals surface area (Å²) in [6.07, 6.45) is 4.16. The second kappa shape index (κ2) is 9.70. The van der Waals surface area contributed by atoms with Crippen molar-refractivity contribution in [2.75, 3.05) is 37.6 Å². The minimum atomic E-state index is -0.342. The van der Waals surface area contributed by atoms with Crippen LogP contribution in [-0.2, 0) is 0 Å². The maximum Gasteiger partial charge on any atom is 0.316 e. The Balaban J connectivity index is 1.20. The molecule has 4 rings (SSSR count). The fraction of sp³-hybridized carbons (Fsp3) is 0.391. The van der Waals surface area contributed by atoms with Crippen LogP contribution in [0.25, 0.3) is 11.4 Å². The summed E-state index contributed by atoms with van der Waals surface area (Å²) in [7, 11) is 0. The third-order valence-electron chi connectivity index (χ3n) is 5.54. The van der Waals surface area contributed by atoms with E-state index in [2.05, 4.69) is 68.4 Å². The van der Waals surface area contributed by atoms with Crippen LogP contribution in [0.4, 0.5) is 5.69 Å². The molecule has 0 radical (unpaired) electrons. The van der Waals surface area contributed by atoms with Gasteiger partial charge in [0, 0.05) is 55.9 Å². The predicted molar refractivity (Wildman–Crippen MR) is 119 cm³/mol. The number of rotatable bonds is 7. The van der Waals surface area contributed by atoms with Crippen molar-refractivity contribution in [3.8, 4) is 11.4 Å². The van der Waals surface area contributed by atoms with Gasteiger partial charge in [-0.3, -0.25) is 14.7 Å². The molecule has 1 atom stereocenters. The van der Waals surface area contributed by atoms with Gasteiger partial charge in [0.25, 0.3) is 0 Å². The summed E-state index contributed by atoms with van der Waals surface area (Å²) in [5, 5.41) is 6.74. The molecule has 0 aliphatic carbocycles. The number of piperazine rings is 1. The lowest BCUT2D eigenvalue weighted by Gasteiger charge is -2.41.